The lowest BCUT2D eigenvalue weighted by Gasteiger charge is -2.31. The molecule has 1 unspecified atom stereocenters. The van der Waals surface area contributed by atoms with Gasteiger partial charge in [-0.1, -0.05) is 13.8 Å². The quantitative estimate of drug-likeness (QED) is 0.916. The van der Waals surface area contributed by atoms with Crippen LogP contribution in [0.5, 0.6) is 0 Å². The largest absolute Gasteiger partial charge is 0.356 e. The normalized spacial score (nSPS) is 30.4. The smallest absolute Gasteiger partial charge is 0.236 e. The van der Waals surface area contributed by atoms with Crippen LogP contribution in [-0.4, -0.2) is 51.9 Å². The Balaban J connectivity index is 1.57. The van der Waals surface area contributed by atoms with Gasteiger partial charge in [-0.2, -0.15) is 5.26 Å². The van der Waals surface area contributed by atoms with Gasteiger partial charge in [0.25, 0.3) is 0 Å². The van der Waals surface area contributed by atoms with Crippen LogP contribution < -0.4 is 4.90 Å². The van der Waals surface area contributed by atoms with Crippen LogP contribution in [0.4, 0.5) is 5.82 Å². The molecule has 2 aromatic heterocycles. The Morgan fingerprint density at radius 3 is 2.73 bits per heavy atom. The van der Waals surface area contributed by atoms with Gasteiger partial charge in [0, 0.05) is 32.4 Å². The molecule has 7 nitrogen and oxygen atoms in total. The van der Waals surface area contributed by atoms with E-state index in [1.807, 2.05) is 23.2 Å². The zero-order valence-electron chi connectivity index (χ0n) is 15.5. The van der Waals surface area contributed by atoms with Crippen molar-refractivity contribution in [3.8, 4) is 6.07 Å². The number of aromatic nitrogens is 3. The Labute approximate surface area is 153 Å². The standard InChI is InChI=1S/C19H24N6O/c1-18-8-13(9-19(18,2)11-25(10-18)15(26)4-6-20)24(3)17-14-5-7-21-16(14)22-12-23-17/h5,7,12-13H,4,8-11H2,1-3H3,(H,21,22,23)/t13?,18-,19+. The van der Waals surface area contributed by atoms with E-state index in [0.717, 1.165) is 42.8 Å². The highest BCUT2D eigenvalue weighted by atomic mass is 16.2. The summed E-state index contributed by atoms with van der Waals surface area (Å²) in [7, 11) is 2.10. The van der Waals surface area contributed by atoms with Crippen molar-refractivity contribution in [1.29, 1.82) is 5.26 Å². The molecule has 1 saturated carbocycles. The van der Waals surface area contributed by atoms with Crippen LogP contribution >= 0.6 is 0 Å². The molecule has 0 bridgehead atoms. The van der Waals surface area contributed by atoms with E-state index in [1.165, 1.54) is 0 Å². The van der Waals surface area contributed by atoms with Crippen LogP contribution in [0.15, 0.2) is 18.6 Å². The molecule has 3 heterocycles. The summed E-state index contributed by atoms with van der Waals surface area (Å²) in [5.74, 6) is 0.907. The molecule has 2 fully saturated rings. The van der Waals surface area contributed by atoms with E-state index in [-0.39, 0.29) is 23.2 Å². The third-order valence-corrected chi connectivity index (χ3v) is 6.71. The molecule has 3 atom stereocenters. The Morgan fingerprint density at radius 2 is 2.08 bits per heavy atom. The van der Waals surface area contributed by atoms with Crippen molar-refractivity contribution >= 4 is 22.8 Å². The van der Waals surface area contributed by atoms with Gasteiger partial charge < -0.3 is 14.8 Å². The predicted octanol–water partition coefficient (Wildman–Crippen LogP) is 2.32. The summed E-state index contributed by atoms with van der Waals surface area (Å²) in [6, 6.07) is 4.36. The molecule has 1 saturated heterocycles. The fourth-order valence-electron chi connectivity index (χ4n) is 4.96. The number of fused-ring (bicyclic) bond motifs is 2. The molecule has 1 amide bonds. The van der Waals surface area contributed by atoms with Crippen molar-refractivity contribution in [3.05, 3.63) is 18.6 Å². The van der Waals surface area contributed by atoms with Crippen molar-refractivity contribution in [2.24, 2.45) is 10.8 Å². The van der Waals surface area contributed by atoms with E-state index in [1.54, 1.807) is 6.33 Å². The van der Waals surface area contributed by atoms with Crippen molar-refractivity contribution < 1.29 is 4.79 Å². The molecule has 26 heavy (non-hydrogen) atoms. The Morgan fingerprint density at radius 1 is 1.38 bits per heavy atom. The van der Waals surface area contributed by atoms with Crippen molar-refractivity contribution in [3.63, 3.8) is 0 Å². The molecule has 0 radical (unpaired) electrons. The lowest BCUT2D eigenvalue weighted by Crippen LogP contribution is -2.36. The average Bonchev–Trinajstić information content (AvgIpc) is 3.23. The number of hydrogen-bond acceptors (Lipinski definition) is 5. The lowest BCUT2D eigenvalue weighted by molar-refractivity contribution is -0.129. The van der Waals surface area contributed by atoms with E-state index in [9.17, 15) is 4.79 Å². The third kappa shape index (κ3) is 2.36. The van der Waals surface area contributed by atoms with Gasteiger partial charge in [-0.25, -0.2) is 9.97 Å². The third-order valence-electron chi connectivity index (χ3n) is 6.71. The van der Waals surface area contributed by atoms with Crippen LogP contribution in [0.25, 0.3) is 11.0 Å². The minimum absolute atomic E-state index is 0.0259. The number of H-pyrrole nitrogens is 1. The number of carbonyl (C=O) groups excluding carboxylic acids is 1. The van der Waals surface area contributed by atoms with Crippen LogP contribution in [-0.2, 0) is 4.79 Å². The van der Waals surface area contributed by atoms with E-state index in [2.05, 4.69) is 40.7 Å². The van der Waals surface area contributed by atoms with Gasteiger partial charge in [-0.3, -0.25) is 4.79 Å². The van der Waals surface area contributed by atoms with Crippen molar-refractivity contribution in [1.82, 2.24) is 19.9 Å². The number of anilines is 1. The lowest BCUT2D eigenvalue weighted by atomic mass is 9.71. The number of rotatable bonds is 3. The maximum atomic E-state index is 12.2. The second kappa shape index (κ2) is 5.70. The molecule has 1 aliphatic heterocycles. The molecular weight excluding hydrogens is 328 g/mol. The van der Waals surface area contributed by atoms with Gasteiger partial charge in [-0.15, -0.1) is 0 Å². The van der Waals surface area contributed by atoms with Gasteiger partial charge in [0.2, 0.25) is 5.91 Å². The summed E-state index contributed by atoms with van der Waals surface area (Å²) < 4.78 is 0. The summed E-state index contributed by atoms with van der Waals surface area (Å²) in [5.41, 5.74) is 0.966. The maximum Gasteiger partial charge on any atom is 0.236 e. The Hall–Kier alpha value is -2.62. The van der Waals surface area contributed by atoms with E-state index < -0.39 is 0 Å². The second-order valence-electron chi connectivity index (χ2n) is 8.32. The maximum absolute atomic E-state index is 12.2. The number of amides is 1. The number of carbonyl (C=O) groups is 1. The monoisotopic (exact) mass is 352 g/mol. The van der Waals surface area contributed by atoms with Crippen molar-refractivity contribution in [2.45, 2.75) is 39.2 Å². The van der Waals surface area contributed by atoms with Crippen LogP contribution in [0.2, 0.25) is 0 Å². The van der Waals surface area contributed by atoms with Crippen LogP contribution in [0, 0.1) is 22.2 Å². The topological polar surface area (TPSA) is 88.9 Å². The number of nitrogens with one attached hydrogen (secondary N) is 1. The van der Waals surface area contributed by atoms with Crippen LogP contribution in [0.3, 0.4) is 0 Å². The number of hydrogen-bond donors (Lipinski definition) is 1. The summed E-state index contributed by atoms with van der Waals surface area (Å²) in [6.45, 7) is 6.04. The highest BCUT2D eigenvalue weighted by molar-refractivity contribution is 5.87. The zero-order chi connectivity index (χ0) is 18.5. The molecule has 1 aliphatic carbocycles. The Kier molecular flexibility index (Phi) is 3.69. The predicted molar refractivity (Wildman–Crippen MR) is 98.3 cm³/mol. The first-order valence-corrected chi connectivity index (χ1v) is 9.02. The molecule has 1 N–H and O–H groups in total. The van der Waals surface area contributed by atoms with Crippen molar-refractivity contribution in [2.75, 3.05) is 25.0 Å². The summed E-state index contributed by atoms with van der Waals surface area (Å²) in [4.78, 5) is 28.3. The fourth-order valence-corrected chi connectivity index (χ4v) is 4.96. The number of nitriles is 1. The van der Waals surface area contributed by atoms with Gasteiger partial charge in [0.15, 0.2) is 0 Å². The minimum Gasteiger partial charge on any atom is -0.356 e. The average molecular weight is 352 g/mol. The molecule has 2 aliphatic rings. The molecule has 136 valence electrons. The van der Waals surface area contributed by atoms with Gasteiger partial charge in [-0.05, 0) is 29.7 Å². The zero-order valence-corrected chi connectivity index (χ0v) is 15.5. The number of aromatic amines is 1. The number of nitrogens with zero attached hydrogens (tertiary/aromatic N) is 5. The summed E-state index contributed by atoms with van der Waals surface area (Å²) in [5, 5.41) is 9.85. The minimum atomic E-state index is -0.0425. The van der Waals surface area contributed by atoms with E-state index >= 15 is 0 Å². The van der Waals surface area contributed by atoms with Gasteiger partial charge in [0.1, 0.15) is 24.2 Å². The molecule has 4 rings (SSSR count). The van der Waals surface area contributed by atoms with Gasteiger partial charge in [0.05, 0.1) is 11.5 Å². The van der Waals surface area contributed by atoms with E-state index in [0.29, 0.717) is 6.04 Å². The first-order chi connectivity index (χ1) is 12.4. The molecular formula is C19H24N6O. The second-order valence-corrected chi connectivity index (χ2v) is 8.32. The SMILES string of the molecule is CN(c1ncnc2[nH]ccc12)C1C[C@@]2(C)CN(C(=O)CC#N)C[C@@]2(C)C1. The molecule has 2 aromatic rings. The highest BCUT2D eigenvalue weighted by Gasteiger charge is 2.59. The first-order valence-electron chi connectivity index (χ1n) is 9.02. The molecule has 7 heteroatoms. The summed E-state index contributed by atoms with van der Waals surface area (Å²) in [6.07, 6.45) is 5.48. The molecule has 0 spiro atoms. The van der Waals surface area contributed by atoms with Gasteiger partial charge >= 0.3 is 0 Å². The van der Waals surface area contributed by atoms with Crippen LogP contribution in [0.1, 0.15) is 33.1 Å². The van der Waals surface area contributed by atoms with E-state index in [4.69, 9.17) is 5.26 Å². The molecule has 0 aromatic carbocycles. The fraction of sp³-hybridized carbons (Fsp3) is 0.579. The Bertz CT molecular complexity index is 881. The number of likely N-dealkylation sites (tertiary alicyclic amines) is 1. The first kappa shape index (κ1) is 16.8. The highest BCUT2D eigenvalue weighted by Crippen LogP contribution is 2.58. The summed E-state index contributed by atoms with van der Waals surface area (Å²) >= 11 is 0.